The fourth-order valence-electron chi connectivity index (χ4n) is 3.43. The smallest absolute Gasteiger partial charge is 0.185 e. The van der Waals surface area contributed by atoms with Crippen LogP contribution >= 0.6 is 11.3 Å². The summed E-state index contributed by atoms with van der Waals surface area (Å²) in [6.45, 7) is 3.66. The third kappa shape index (κ3) is 2.34. The van der Waals surface area contributed by atoms with Gasteiger partial charge in [0.2, 0.25) is 0 Å². The monoisotopic (exact) mass is 338 g/mol. The second kappa shape index (κ2) is 5.72. The minimum atomic E-state index is 0.701. The zero-order valence-electron chi connectivity index (χ0n) is 13.3. The number of imidazole rings is 1. The van der Waals surface area contributed by atoms with Crippen molar-refractivity contribution < 1.29 is 4.74 Å². The first-order chi connectivity index (χ1) is 11.9. The van der Waals surface area contributed by atoms with Crippen molar-refractivity contribution >= 4 is 16.5 Å². The molecule has 122 valence electrons. The highest BCUT2D eigenvalue weighted by molar-refractivity contribution is 7.18. The topological polar surface area (TPSA) is 43.2 Å². The van der Waals surface area contributed by atoms with Gasteiger partial charge in [-0.3, -0.25) is 4.57 Å². The molecule has 0 bridgehead atoms. The quantitative estimate of drug-likeness (QED) is 0.731. The number of ether oxygens (including phenoxy) is 1. The predicted octanol–water partition coefficient (Wildman–Crippen LogP) is 3.63. The molecule has 1 fully saturated rings. The molecule has 1 saturated heterocycles. The number of benzene rings is 1. The fraction of sp³-hybridized carbons (Fsp3) is 0.333. The molecule has 2 aliphatic heterocycles. The Labute approximate surface area is 144 Å². The van der Waals surface area contributed by atoms with E-state index in [2.05, 4.69) is 37.6 Å². The summed E-state index contributed by atoms with van der Waals surface area (Å²) in [6.07, 6.45) is 8.35. The molecule has 5 nitrogen and oxygen atoms in total. The van der Waals surface area contributed by atoms with Gasteiger partial charge in [0.1, 0.15) is 0 Å². The number of anilines is 1. The Morgan fingerprint density at radius 1 is 1.04 bits per heavy atom. The van der Waals surface area contributed by atoms with Crippen LogP contribution in [0.15, 0.2) is 36.8 Å². The van der Waals surface area contributed by atoms with Crippen molar-refractivity contribution in [2.45, 2.75) is 26.1 Å². The van der Waals surface area contributed by atoms with Gasteiger partial charge in [0.05, 0.1) is 24.3 Å². The zero-order valence-corrected chi connectivity index (χ0v) is 14.1. The van der Waals surface area contributed by atoms with Gasteiger partial charge >= 0.3 is 0 Å². The van der Waals surface area contributed by atoms with Gasteiger partial charge in [-0.2, -0.15) is 0 Å². The first kappa shape index (κ1) is 14.2. The Morgan fingerprint density at radius 3 is 2.83 bits per heavy atom. The molecule has 0 unspecified atom stereocenters. The molecule has 3 aromatic rings. The van der Waals surface area contributed by atoms with Gasteiger partial charge in [-0.25, -0.2) is 9.97 Å². The molecular formula is C18H18N4OS. The molecule has 0 N–H and O–H groups in total. The molecule has 0 saturated carbocycles. The summed E-state index contributed by atoms with van der Waals surface area (Å²) >= 11 is 1.73. The van der Waals surface area contributed by atoms with E-state index < -0.39 is 0 Å². The normalized spacial score (nSPS) is 16.8. The standard InChI is InChI=1S/C18H18N4OS/c1-2-7-21(6-1)18-20-10-16(24-18)17-19-5-8-22(17)15-4-3-13-11-23-12-14(13)9-15/h3-5,8-10H,1-2,6-7,11-12H2. The Kier molecular flexibility index (Phi) is 3.38. The molecule has 0 aliphatic carbocycles. The molecule has 6 heteroatoms. The Morgan fingerprint density at radius 2 is 1.92 bits per heavy atom. The average Bonchev–Trinajstić information content (AvgIpc) is 3.41. The molecule has 0 amide bonds. The molecule has 4 heterocycles. The van der Waals surface area contributed by atoms with E-state index in [1.165, 1.54) is 24.0 Å². The highest BCUT2D eigenvalue weighted by Gasteiger charge is 2.19. The molecular weight excluding hydrogens is 320 g/mol. The van der Waals surface area contributed by atoms with E-state index in [0.717, 1.165) is 41.2 Å². The number of hydrogen-bond donors (Lipinski definition) is 0. The summed E-state index contributed by atoms with van der Waals surface area (Å²) in [4.78, 5) is 12.7. The SMILES string of the molecule is c1cn(-c2ccc3c(c2)COC3)c(-c2cnc(N3CCCC3)s2)n1. The van der Waals surface area contributed by atoms with Gasteiger partial charge in [0, 0.05) is 31.2 Å². The summed E-state index contributed by atoms with van der Waals surface area (Å²) in [7, 11) is 0. The van der Waals surface area contributed by atoms with Crippen LogP contribution in [0, 0.1) is 0 Å². The number of nitrogens with zero attached hydrogens (tertiary/aromatic N) is 4. The largest absolute Gasteiger partial charge is 0.372 e. The maximum Gasteiger partial charge on any atom is 0.185 e. The fourth-order valence-corrected chi connectivity index (χ4v) is 4.39. The van der Waals surface area contributed by atoms with Gasteiger partial charge in [0.25, 0.3) is 0 Å². The molecule has 2 aromatic heterocycles. The van der Waals surface area contributed by atoms with Crippen LogP contribution in [-0.4, -0.2) is 27.6 Å². The van der Waals surface area contributed by atoms with Crippen LogP contribution in [0.2, 0.25) is 0 Å². The van der Waals surface area contributed by atoms with E-state index in [1.54, 1.807) is 11.3 Å². The number of hydrogen-bond acceptors (Lipinski definition) is 5. The summed E-state index contributed by atoms with van der Waals surface area (Å²) in [5, 5.41) is 1.11. The van der Waals surface area contributed by atoms with Crippen molar-refractivity contribution in [3.05, 3.63) is 47.9 Å². The van der Waals surface area contributed by atoms with Crippen LogP contribution in [0.1, 0.15) is 24.0 Å². The van der Waals surface area contributed by atoms with Crippen LogP contribution in [0.3, 0.4) is 0 Å². The summed E-state index contributed by atoms with van der Waals surface area (Å²) in [6, 6.07) is 6.50. The van der Waals surface area contributed by atoms with E-state index >= 15 is 0 Å². The van der Waals surface area contributed by atoms with Crippen molar-refractivity contribution in [2.24, 2.45) is 0 Å². The third-order valence-corrected chi connectivity index (χ3v) is 5.77. The van der Waals surface area contributed by atoms with Crippen LogP contribution in [0.5, 0.6) is 0 Å². The summed E-state index contributed by atoms with van der Waals surface area (Å²) in [5.74, 6) is 0.955. The molecule has 0 radical (unpaired) electrons. The van der Waals surface area contributed by atoms with Gasteiger partial charge < -0.3 is 9.64 Å². The minimum absolute atomic E-state index is 0.701. The number of aromatic nitrogens is 3. The predicted molar refractivity (Wildman–Crippen MR) is 94.6 cm³/mol. The Hall–Kier alpha value is -2.18. The highest BCUT2D eigenvalue weighted by atomic mass is 32.1. The van der Waals surface area contributed by atoms with Gasteiger partial charge in [-0.15, -0.1) is 0 Å². The van der Waals surface area contributed by atoms with Crippen LogP contribution in [-0.2, 0) is 18.0 Å². The molecule has 5 rings (SSSR count). The van der Waals surface area contributed by atoms with Gasteiger partial charge in [0.15, 0.2) is 11.0 Å². The van der Waals surface area contributed by atoms with Crippen molar-refractivity contribution in [3.8, 4) is 16.4 Å². The first-order valence-corrected chi connectivity index (χ1v) is 9.14. The lowest BCUT2D eigenvalue weighted by Crippen LogP contribution is -2.16. The van der Waals surface area contributed by atoms with E-state index in [1.807, 2.05) is 18.6 Å². The van der Waals surface area contributed by atoms with E-state index in [9.17, 15) is 0 Å². The van der Waals surface area contributed by atoms with Gasteiger partial charge in [-0.1, -0.05) is 17.4 Å². The van der Waals surface area contributed by atoms with Crippen molar-refractivity contribution in [1.29, 1.82) is 0 Å². The molecule has 0 atom stereocenters. The Balaban J connectivity index is 1.51. The average molecular weight is 338 g/mol. The second-order valence-corrected chi connectivity index (χ2v) is 7.28. The van der Waals surface area contributed by atoms with E-state index in [-0.39, 0.29) is 0 Å². The summed E-state index contributed by atoms with van der Waals surface area (Å²) < 4.78 is 7.66. The van der Waals surface area contributed by atoms with Crippen molar-refractivity contribution in [2.75, 3.05) is 18.0 Å². The third-order valence-electron chi connectivity index (χ3n) is 4.71. The maximum atomic E-state index is 5.52. The number of thiazole rings is 1. The van der Waals surface area contributed by atoms with Crippen molar-refractivity contribution in [1.82, 2.24) is 14.5 Å². The number of rotatable bonds is 3. The summed E-state index contributed by atoms with van der Waals surface area (Å²) in [5.41, 5.74) is 3.69. The number of fused-ring (bicyclic) bond motifs is 1. The lowest BCUT2D eigenvalue weighted by Gasteiger charge is -2.12. The highest BCUT2D eigenvalue weighted by Crippen LogP contribution is 2.33. The lowest BCUT2D eigenvalue weighted by molar-refractivity contribution is 0.134. The molecule has 2 aliphatic rings. The van der Waals surface area contributed by atoms with Gasteiger partial charge in [-0.05, 0) is 36.1 Å². The minimum Gasteiger partial charge on any atom is -0.372 e. The molecule has 1 aromatic carbocycles. The van der Waals surface area contributed by atoms with Crippen LogP contribution in [0.25, 0.3) is 16.4 Å². The zero-order chi connectivity index (χ0) is 15.9. The van der Waals surface area contributed by atoms with Crippen LogP contribution in [0.4, 0.5) is 5.13 Å². The lowest BCUT2D eigenvalue weighted by atomic mass is 10.1. The van der Waals surface area contributed by atoms with E-state index in [4.69, 9.17) is 4.74 Å². The Bertz CT molecular complexity index is 879. The van der Waals surface area contributed by atoms with Crippen LogP contribution < -0.4 is 4.90 Å². The molecule has 0 spiro atoms. The molecule has 24 heavy (non-hydrogen) atoms. The van der Waals surface area contributed by atoms with E-state index in [0.29, 0.717) is 6.61 Å². The second-order valence-electron chi connectivity index (χ2n) is 6.27. The van der Waals surface area contributed by atoms with Crippen molar-refractivity contribution in [3.63, 3.8) is 0 Å². The first-order valence-electron chi connectivity index (χ1n) is 8.33. The maximum absolute atomic E-state index is 5.52.